The molecule has 1 atom stereocenters. The van der Waals surface area contributed by atoms with Crippen molar-refractivity contribution in [2.75, 3.05) is 37.6 Å². The highest BCUT2D eigenvalue weighted by atomic mass is 35.5. The zero-order valence-electron chi connectivity index (χ0n) is 18.4. The van der Waals surface area contributed by atoms with Crippen LogP contribution in [0, 0.1) is 6.57 Å². The van der Waals surface area contributed by atoms with Gasteiger partial charge in [0.2, 0.25) is 5.69 Å². The zero-order valence-corrected chi connectivity index (χ0v) is 19.2. The maximum Gasteiger partial charge on any atom is 0.410 e. The second-order valence-corrected chi connectivity index (χ2v) is 9.46. The molecule has 0 aliphatic carbocycles. The normalized spacial score (nSPS) is 21.4. The van der Waals surface area contributed by atoms with Gasteiger partial charge in [0.25, 0.3) is 0 Å². The van der Waals surface area contributed by atoms with Gasteiger partial charge in [-0.2, -0.15) is 0 Å². The van der Waals surface area contributed by atoms with Crippen molar-refractivity contribution >= 4 is 29.2 Å². The number of nitrogens with zero attached hydrogens (tertiary/aromatic N) is 5. The van der Waals surface area contributed by atoms with Crippen molar-refractivity contribution in [3.05, 3.63) is 28.7 Å². The minimum atomic E-state index is -0.458. The molecule has 30 heavy (non-hydrogen) atoms. The van der Waals surface area contributed by atoms with Crippen LogP contribution in [0.15, 0.2) is 12.3 Å². The van der Waals surface area contributed by atoms with Crippen molar-refractivity contribution in [2.24, 2.45) is 0 Å². The number of likely N-dealkylation sites (tertiary alicyclic amines) is 1. The lowest BCUT2D eigenvalue weighted by Gasteiger charge is -2.47. The van der Waals surface area contributed by atoms with Crippen LogP contribution in [0.2, 0.25) is 5.02 Å². The van der Waals surface area contributed by atoms with Gasteiger partial charge in [-0.1, -0.05) is 18.5 Å². The van der Waals surface area contributed by atoms with Crippen molar-refractivity contribution in [3.63, 3.8) is 0 Å². The lowest BCUT2D eigenvalue weighted by atomic mass is 9.98. The van der Waals surface area contributed by atoms with Crippen LogP contribution in [0.3, 0.4) is 0 Å². The number of hydrogen-bond donors (Lipinski definition) is 0. The van der Waals surface area contributed by atoms with E-state index >= 15 is 0 Å². The van der Waals surface area contributed by atoms with E-state index in [0.29, 0.717) is 22.8 Å². The molecule has 0 spiro atoms. The molecule has 0 unspecified atom stereocenters. The summed E-state index contributed by atoms with van der Waals surface area (Å²) in [7, 11) is 0. The fourth-order valence-electron chi connectivity index (χ4n) is 4.33. The number of amides is 1. The monoisotopic (exact) mass is 433 g/mol. The summed E-state index contributed by atoms with van der Waals surface area (Å²) < 4.78 is 5.52. The number of piperazine rings is 1. The van der Waals surface area contributed by atoms with E-state index in [1.165, 1.54) is 0 Å². The number of anilines is 1. The predicted octanol–water partition coefficient (Wildman–Crippen LogP) is 4.59. The molecule has 7 nitrogen and oxygen atoms in total. The fraction of sp³-hybridized carbons (Fsp3) is 0.682. The van der Waals surface area contributed by atoms with Gasteiger partial charge in [-0.15, -0.1) is 0 Å². The lowest BCUT2D eigenvalue weighted by molar-refractivity contribution is 0.00945. The number of rotatable bonds is 3. The average molecular weight is 434 g/mol. The van der Waals surface area contributed by atoms with E-state index in [1.807, 2.05) is 25.7 Å². The topological polar surface area (TPSA) is 53.3 Å². The molecule has 0 saturated carbocycles. The molecule has 0 aromatic carbocycles. The Morgan fingerprint density at radius 3 is 2.57 bits per heavy atom. The highest BCUT2D eigenvalue weighted by Gasteiger charge is 2.35. The second kappa shape index (κ2) is 9.40. The van der Waals surface area contributed by atoms with Gasteiger partial charge in [-0.25, -0.2) is 14.6 Å². The molecule has 1 aromatic heterocycles. The van der Waals surface area contributed by atoms with Gasteiger partial charge < -0.3 is 14.5 Å². The van der Waals surface area contributed by atoms with Gasteiger partial charge >= 0.3 is 6.09 Å². The molecule has 8 heteroatoms. The van der Waals surface area contributed by atoms with Crippen molar-refractivity contribution in [3.8, 4) is 0 Å². The highest BCUT2D eigenvalue weighted by molar-refractivity contribution is 6.33. The largest absolute Gasteiger partial charge is 0.444 e. The fourth-order valence-corrected chi connectivity index (χ4v) is 4.61. The summed E-state index contributed by atoms with van der Waals surface area (Å²) in [6.07, 6.45) is 4.36. The van der Waals surface area contributed by atoms with Crippen LogP contribution in [-0.4, -0.2) is 71.3 Å². The van der Waals surface area contributed by atoms with E-state index in [-0.39, 0.29) is 6.09 Å². The molecule has 2 fully saturated rings. The van der Waals surface area contributed by atoms with Gasteiger partial charge in [0, 0.05) is 51.0 Å². The first-order valence-electron chi connectivity index (χ1n) is 10.7. The van der Waals surface area contributed by atoms with Gasteiger partial charge in [0.05, 0.1) is 11.6 Å². The summed E-state index contributed by atoms with van der Waals surface area (Å²) in [5.41, 5.74) is 0.00556. The van der Waals surface area contributed by atoms with E-state index in [2.05, 4.69) is 26.6 Å². The van der Waals surface area contributed by atoms with Crippen LogP contribution in [0.25, 0.3) is 4.85 Å². The molecule has 1 amide bonds. The van der Waals surface area contributed by atoms with Crippen molar-refractivity contribution in [2.45, 2.75) is 64.6 Å². The molecule has 0 N–H and O–H groups in total. The molecular weight excluding hydrogens is 402 g/mol. The van der Waals surface area contributed by atoms with Crippen molar-refractivity contribution in [1.82, 2.24) is 14.8 Å². The van der Waals surface area contributed by atoms with Crippen molar-refractivity contribution in [1.29, 1.82) is 0 Å². The summed E-state index contributed by atoms with van der Waals surface area (Å²) in [5.74, 6) is 0.766. The average Bonchev–Trinajstić information content (AvgIpc) is 2.72. The third kappa shape index (κ3) is 5.35. The van der Waals surface area contributed by atoms with Crippen LogP contribution >= 0.6 is 11.6 Å². The van der Waals surface area contributed by atoms with Crippen LogP contribution in [0.5, 0.6) is 0 Å². The Hall–Kier alpha value is -2.04. The lowest BCUT2D eigenvalue weighted by Crippen LogP contribution is -2.59. The zero-order chi connectivity index (χ0) is 21.9. The van der Waals surface area contributed by atoms with E-state index < -0.39 is 5.60 Å². The number of ether oxygens (including phenoxy) is 1. The van der Waals surface area contributed by atoms with E-state index in [1.54, 1.807) is 12.3 Å². The Morgan fingerprint density at radius 1 is 1.30 bits per heavy atom. The quantitative estimate of drug-likeness (QED) is 0.653. The first-order valence-corrected chi connectivity index (χ1v) is 11.1. The van der Waals surface area contributed by atoms with Crippen molar-refractivity contribution < 1.29 is 9.53 Å². The number of aromatic nitrogens is 1. The number of halogens is 1. The number of carbonyl (C=O) groups excluding carboxylic acids is 1. The SMILES string of the molecule is [C-]#[N+]c1cnc(N2CCN(C3CCN(C(=O)OC(C)(C)C)CC3)[C@@H](CC)C2)c(Cl)c1. The third-order valence-electron chi connectivity index (χ3n) is 5.82. The minimum absolute atomic E-state index is 0.207. The highest BCUT2D eigenvalue weighted by Crippen LogP contribution is 2.31. The summed E-state index contributed by atoms with van der Waals surface area (Å²) in [4.78, 5) is 26.8. The summed E-state index contributed by atoms with van der Waals surface area (Å²) >= 11 is 6.40. The second-order valence-electron chi connectivity index (χ2n) is 9.06. The summed E-state index contributed by atoms with van der Waals surface area (Å²) in [6, 6.07) is 2.58. The minimum Gasteiger partial charge on any atom is -0.444 e. The van der Waals surface area contributed by atoms with Crippen LogP contribution in [0.4, 0.5) is 16.3 Å². The Labute approximate surface area is 184 Å². The number of pyridine rings is 1. The Balaban J connectivity index is 1.59. The molecule has 3 rings (SSSR count). The Bertz CT molecular complexity index is 796. The Kier molecular flexibility index (Phi) is 7.10. The van der Waals surface area contributed by atoms with E-state index in [4.69, 9.17) is 22.9 Å². The molecule has 0 radical (unpaired) electrons. The van der Waals surface area contributed by atoms with E-state index in [0.717, 1.165) is 57.8 Å². The van der Waals surface area contributed by atoms with Gasteiger partial charge in [-0.05, 0) is 46.1 Å². The first kappa shape index (κ1) is 22.6. The molecule has 164 valence electrons. The summed E-state index contributed by atoms with van der Waals surface area (Å²) in [5, 5.41) is 0.539. The molecule has 2 aliphatic heterocycles. The smallest absolute Gasteiger partial charge is 0.410 e. The molecule has 1 aromatic rings. The van der Waals surface area contributed by atoms with Crippen LogP contribution in [0.1, 0.15) is 47.0 Å². The Morgan fingerprint density at radius 2 is 2.00 bits per heavy atom. The predicted molar refractivity (Wildman–Crippen MR) is 119 cm³/mol. The number of carbonyl (C=O) groups is 1. The first-order chi connectivity index (χ1) is 14.2. The van der Waals surface area contributed by atoms with Gasteiger partial charge in [0.1, 0.15) is 11.4 Å². The molecule has 0 bridgehead atoms. The standard InChI is InChI=1S/C22H32ClN5O2/c1-6-17-15-27(20-19(23)13-16(24-5)14-25-20)11-12-28(17)18-7-9-26(10-8-18)21(29)30-22(2,3)4/h13-14,17-18H,6-12,15H2,1-4H3/t17-/m0/s1. The molecule has 3 heterocycles. The summed E-state index contributed by atoms with van der Waals surface area (Å²) in [6.45, 7) is 19.2. The number of piperidine rings is 1. The number of hydrogen-bond acceptors (Lipinski definition) is 5. The van der Waals surface area contributed by atoms with E-state index in [9.17, 15) is 4.79 Å². The molecule has 2 saturated heterocycles. The molecular formula is C22H32ClN5O2. The van der Waals surface area contributed by atoms with Crippen LogP contribution in [-0.2, 0) is 4.74 Å². The van der Waals surface area contributed by atoms with Crippen LogP contribution < -0.4 is 4.90 Å². The van der Waals surface area contributed by atoms with Gasteiger partial charge in [-0.3, -0.25) is 4.90 Å². The van der Waals surface area contributed by atoms with Gasteiger partial charge in [0.15, 0.2) is 0 Å². The maximum atomic E-state index is 12.3. The third-order valence-corrected chi connectivity index (χ3v) is 6.10. The molecule has 2 aliphatic rings. The maximum absolute atomic E-state index is 12.3.